The molecule has 0 amide bonds. The first-order valence-corrected chi connectivity index (χ1v) is 4.54. The Morgan fingerprint density at radius 1 is 1.33 bits per heavy atom. The van der Waals surface area contributed by atoms with Crippen molar-refractivity contribution in [1.82, 2.24) is 9.78 Å². The molecule has 1 aromatic heterocycles. The SMILES string of the molecule is CC(=O)Oc1ccc(-n2cccn2)cc1. The zero-order chi connectivity index (χ0) is 10.7. The van der Waals surface area contributed by atoms with Crippen LogP contribution in [0.4, 0.5) is 0 Å². The highest BCUT2D eigenvalue weighted by Crippen LogP contribution is 2.14. The number of nitrogens with zero attached hydrogens (tertiary/aromatic N) is 2. The number of benzene rings is 1. The fraction of sp³-hybridized carbons (Fsp3) is 0.0909. The van der Waals surface area contributed by atoms with Gasteiger partial charge in [-0.3, -0.25) is 4.79 Å². The van der Waals surface area contributed by atoms with Crippen LogP contribution < -0.4 is 4.74 Å². The van der Waals surface area contributed by atoms with Crippen molar-refractivity contribution in [3.05, 3.63) is 42.7 Å². The van der Waals surface area contributed by atoms with E-state index in [9.17, 15) is 4.79 Å². The maximum Gasteiger partial charge on any atom is 0.308 e. The maximum absolute atomic E-state index is 10.7. The first-order valence-electron chi connectivity index (χ1n) is 4.54. The molecule has 0 radical (unpaired) electrons. The summed E-state index contributed by atoms with van der Waals surface area (Å²) in [5, 5.41) is 4.09. The summed E-state index contributed by atoms with van der Waals surface area (Å²) in [5.74, 6) is 0.222. The van der Waals surface area contributed by atoms with E-state index in [0.717, 1.165) is 5.69 Å². The Bertz CT molecular complexity index is 446. The maximum atomic E-state index is 10.7. The molecule has 2 rings (SSSR count). The molecule has 0 N–H and O–H groups in total. The van der Waals surface area contributed by atoms with Crippen molar-refractivity contribution >= 4 is 5.97 Å². The third-order valence-corrected chi connectivity index (χ3v) is 1.87. The third-order valence-electron chi connectivity index (χ3n) is 1.87. The molecular weight excluding hydrogens is 192 g/mol. The van der Waals surface area contributed by atoms with E-state index in [-0.39, 0.29) is 5.97 Å². The number of carbonyl (C=O) groups excluding carboxylic acids is 1. The Labute approximate surface area is 87.1 Å². The predicted octanol–water partition coefficient (Wildman–Crippen LogP) is 1.80. The average molecular weight is 202 g/mol. The number of rotatable bonds is 2. The standard InChI is InChI=1S/C11H10N2O2/c1-9(14)15-11-5-3-10(4-6-11)13-8-2-7-12-13/h2-8H,1H3. The fourth-order valence-electron chi connectivity index (χ4n) is 1.25. The summed E-state index contributed by atoms with van der Waals surface area (Å²) in [5.41, 5.74) is 0.927. The number of aromatic nitrogens is 2. The highest BCUT2D eigenvalue weighted by Gasteiger charge is 1.99. The van der Waals surface area contributed by atoms with E-state index < -0.39 is 0 Å². The minimum absolute atomic E-state index is 0.318. The average Bonchev–Trinajstić information content (AvgIpc) is 2.71. The van der Waals surface area contributed by atoms with Crippen molar-refractivity contribution < 1.29 is 9.53 Å². The van der Waals surface area contributed by atoms with Gasteiger partial charge in [-0.1, -0.05) is 0 Å². The normalized spacial score (nSPS) is 9.93. The molecule has 0 aliphatic heterocycles. The topological polar surface area (TPSA) is 44.1 Å². The van der Waals surface area contributed by atoms with Crippen LogP contribution in [0.5, 0.6) is 5.75 Å². The Kier molecular flexibility index (Phi) is 2.49. The van der Waals surface area contributed by atoms with Crippen molar-refractivity contribution in [3.63, 3.8) is 0 Å². The van der Waals surface area contributed by atoms with Crippen LogP contribution in [0.25, 0.3) is 5.69 Å². The summed E-state index contributed by atoms with van der Waals surface area (Å²) in [6.07, 6.45) is 3.56. The molecular formula is C11H10N2O2. The Hall–Kier alpha value is -2.10. The molecule has 0 saturated heterocycles. The molecule has 0 aliphatic rings. The summed E-state index contributed by atoms with van der Waals surface area (Å²) >= 11 is 0. The molecule has 4 heteroatoms. The molecule has 0 fully saturated rings. The first kappa shape index (κ1) is 9.45. The van der Waals surface area contributed by atoms with E-state index >= 15 is 0 Å². The summed E-state index contributed by atoms with van der Waals surface area (Å²) in [6, 6.07) is 8.99. The monoisotopic (exact) mass is 202 g/mol. The van der Waals surface area contributed by atoms with Gasteiger partial charge in [0.1, 0.15) is 5.75 Å². The van der Waals surface area contributed by atoms with E-state index in [1.165, 1.54) is 6.92 Å². The van der Waals surface area contributed by atoms with Crippen molar-refractivity contribution in [2.24, 2.45) is 0 Å². The van der Waals surface area contributed by atoms with Gasteiger partial charge in [0, 0.05) is 19.3 Å². The Morgan fingerprint density at radius 3 is 2.60 bits per heavy atom. The van der Waals surface area contributed by atoms with Crippen LogP contribution >= 0.6 is 0 Å². The second-order valence-electron chi connectivity index (χ2n) is 3.04. The molecule has 0 aliphatic carbocycles. The van der Waals surface area contributed by atoms with Crippen molar-refractivity contribution in [1.29, 1.82) is 0 Å². The number of hydrogen-bond donors (Lipinski definition) is 0. The van der Waals surface area contributed by atoms with E-state index in [1.807, 2.05) is 24.4 Å². The lowest BCUT2D eigenvalue weighted by atomic mass is 10.3. The third kappa shape index (κ3) is 2.22. The lowest BCUT2D eigenvalue weighted by Crippen LogP contribution is -2.01. The second kappa shape index (κ2) is 3.96. The highest BCUT2D eigenvalue weighted by molar-refractivity contribution is 5.69. The van der Waals surface area contributed by atoms with E-state index in [2.05, 4.69) is 5.10 Å². The van der Waals surface area contributed by atoms with Crippen LogP contribution in [-0.2, 0) is 4.79 Å². The van der Waals surface area contributed by atoms with Gasteiger partial charge in [-0.05, 0) is 30.3 Å². The van der Waals surface area contributed by atoms with E-state index in [0.29, 0.717) is 5.75 Å². The Morgan fingerprint density at radius 2 is 2.07 bits per heavy atom. The van der Waals surface area contributed by atoms with Crippen molar-refractivity contribution in [2.45, 2.75) is 6.92 Å². The van der Waals surface area contributed by atoms with Crippen LogP contribution in [0.15, 0.2) is 42.7 Å². The molecule has 0 atom stereocenters. The zero-order valence-electron chi connectivity index (χ0n) is 8.25. The summed E-state index contributed by atoms with van der Waals surface area (Å²) in [7, 11) is 0. The van der Waals surface area contributed by atoms with Gasteiger partial charge in [0.05, 0.1) is 5.69 Å². The molecule has 0 spiro atoms. The summed E-state index contributed by atoms with van der Waals surface area (Å²) in [6.45, 7) is 1.38. The zero-order valence-corrected chi connectivity index (χ0v) is 8.25. The van der Waals surface area contributed by atoms with Gasteiger partial charge < -0.3 is 4.74 Å². The molecule has 0 unspecified atom stereocenters. The van der Waals surface area contributed by atoms with Gasteiger partial charge in [0.15, 0.2) is 0 Å². The van der Waals surface area contributed by atoms with Crippen LogP contribution in [0, 0.1) is 0 Å². The van der Waals surface area contributed by atoms with Crippen molar-refractivity contribution in [2.75, 3.05) is 0 Å². The van der Waals surface area contributed by atoms with Gasteiger partial charge in [-0.2, -0.15) is 5.10 Å². The molecule has 0 bridgehead atoms. The smallest absolute Gasteiger partial charge is 0.308 e. The molecule has 1 heterocycles. The highest BCUT2D eigenvalue weighted by atomic mass is 16.5. The van der Waals surface area contributed by atoms with Gasteiger partial charge in [0.2, 0.25) is 0 Å². The van der Waals surface area contributed by atoms with E-state index in [1.54, 1.807) is 23.0 Å². The second-order valence-corrected chi connectivity index (χ2v) is 3.04. The number of hydrogen-bond acceptors (Lipinski definition) is 3. The van der Waals surface area contributed by atoms with E-state index in [4.69, 9.17) is 4.74 Å². The van der Waals surface area contributed by atoms with Gasteiger partial charge in [0.25, 0.3) is 0 Å². The first-order chi connectivity index (χ1) is 7.25. The van der Waals surface area contributed by atoms with Crippen molar-refractivity contribution in [3.8, 4) is 11.4 Å². The lowest BCUT2D eigenvalue weighted by Gasteiger charge is -2.03. The number of carbonyl (C=O) groups is 1. The fourth-order valence-corrected chi connectivity index (χ4v) is 1.25. The minimum atomic E-state index is -0.318. The molecule has 15 heavy (non-hydrogen) atoms. The number of esters is 1. The predicted molar refractivity (Wildman–Crippen MR) is 54.9 cm³/mol. The molecule has 4 nitrogen and oxygen atoms in total. The molecule has 2 aromatic rings. The van der Waals surface area contributed by atoms with Gasteiger partial charge >= 0.3 is 5.97 Å². The van der Waals surface area contributed by atoms with Gasteiger partial charge in [-0.15, -0.1) is 0 Å². The largest absolute Gasteiger partial charge is 0.427 e. The summed E-state index contributed by atoms with van der Waals surface area (Å²) < 4.78 is 6.65. The van der Waals surface area contributed by atoms with Crippen LogP contribution in [-0.4, -0.2) is 15.7 Å². The quantitative estimate of drug-likeness (QED) is 0.551. The molecule has 1 aromatic carbocycles. The van der Waals surface area contributed by atoms with Gasteiger partial charge in [-0.25, -0.2) is 4.68 Å². The minimum Gasteiger partial charge on any atom is -0.427 e. The summed E-state index contributed by atoms with van der Waals surface area (Å²) in [4.78, 5) is 10.7. The molecule has 0 saturated carbocycles. The molecule has 76 valence electrons. The van der Waals surface area contributed by atoms with Crippen LogP contribution in [0.1, 0.15) is 6.92 Å². The number of ether oxygens (including phenoxy) is 1. The van der Waals surface area contributed by atoms with Crippen LogP contribution in [0.2, 0.25) is 0 Å². The van der Waals surface area contributed by atoms with Crippen LogP contribution in [0.3, 0.4) is 0 Å². The Balaban J connectivity index is 2.21. The lowest BCUT2D eigenvalue weighted by molar-refractivity contribution is -0.131.